The van der Waals surface area contributed by atoms with Gasteiger partial charge >= 0.3 is 0 Å². The summed E-state index contributed by atoms with van der Waals surface area (Å²) >= 11 is 7.14. The first-order valence-electron chi connectivity index (χ1n) is 4.11. The molecule has 0 saturated heterocycles. The van der Waals surface area contributed by atoms with Crippen LogP contribution in [0.1, 0.15) is 5.56 Å². The molecule has 0 radical (unpaired) electrons. The summed E-state index contributed by atoms with van der Waals surface area (Å²) in [5, 5.41) is 6.43. The number of fused-ring (bicyclic) bond motifs is 1. The molecule has 1 heterocycles. The summed E-state index contributed by atoms with van der Waals surface area (Å²) in [5.41, 5.74) is 0.628. The monoisotopic (exact) mass is 261 g/mol. The Balaban J connectivity index is 2.94. The lowest BCUT2D eigenvalue weighted by Crippen LogP contribution is -2.11. The number of nitrogens with two attached hydrogens (primary N) is 1. The third kappa shape index (κ3) is 1.76. The third-order valence-electron chi connectivity index (χ3n) is 2.12. The van der Waals surface area contributed by atoms with Crippen molar-refractivity contribution in [1.82, 2.24) is 0 Å². The first-order valence-corrected chi connectivity index (χ1v) is 6.86. The van der Waals surface area contributed by atoms with E-state index in [1.165, 1.54) is 0 Å². The molecule has 15 heavy (non-hydrogen) atoms. The van der Waals surface area contributed by atoms with Crippen LogP contribution in [0.25, 0.3) is 10.1 Å². The maximum atomic E-state index is 11.3. The van der Waals surface area contributed by atoms with Crippen molar-refractivity contribution in [1.29, 1.82) is 0 Å². The lowest BCUT2D eigenvalue weighted by atomic mass is 10.2. The van der Waals surface area contributed by atoms with E-state index in [2.05, 4.69) is 0 Å². The predicted molar refractivity (Wildman–Crippen MR) is 62.9 cm³/mol. The molecule has 0 aliphatic heterocycles. The minimum Gasteiger partial charge on any atom is -0.224 e. The largest absolute Gasteiger partial charge is 0.247 e. The summed E-state index contributed by atoms with van der Waals surface area (Å²) in [4.78, 5) is 0. The van der Waals surface area contributed by atoms with Gasteiger partial charge in [0.05, 0.1) is 0 Å². The highest BCUT2D eigenvalue weighted by atomic mass is 35.5. The van der Waals surface area contributed by atoms with E-state index in [1.807, 2.05) is 6.07 Å². The van der Waals surface area contributed by atoms with Crippen molar-refractivity contribution in [3.63, 3.8) is 0 Å². The first kappa shape index (κ1) is 10.9. The Labute approximate surface area is 96.5 Å². The molecule has 0 amide bonds. The van der Waals surface area contributed by atoms with Crippen molar-refractivity contribution in [2.75, 3.05) is 0 Å². The molecule has 0 fully saturated rings. The molecule has 0 saturated carbocycles. The molecule has 0 unspecified atom stereocenters. The van der Waals surface area contributed by atoms with Crippen LogP contribution in [-0.2, 0) is 10.0 Å². The summed E-state index contributed by atoms with van der Waals surface area (Å²) in [6.45, 7) is 1.71. The Morgan fingerprint density at radius 1 is 1.40 bits per heavy atom. The fraction of sp³-hybridized carbons (Fsp3) is 0.111. The van der Waals surface area contributed by atoms with Gasteiger partial charge in [-0.1, -0.05) is 17.7 Å². The van der Waals surface area contributed by atoms with Crippen LogP contribution in [0.3, 0.4) is 0 Å². The second-order valence-electron chi connectivity index (χ2n) is 3.17. The van der Waals surface area contributed by atoms with Crippen LogP contribution < -0.4 is 5.14 Å². The summed E-state index contributed by atoms with van der Waals surface area (Å²) in [6.07, 6.45) is 0. The minimum atomic E-state index is -3.65. The SMILES string of the molecule is Cc1c(S(N)(=O)=O)sc2cccc(Cl)c12. The highest BCUT2D eigenvalue weighted by molar-refractivity contribution is 7.91. The second-order valence-corrected chi connectivity index (χ2v) is 6.39. The van der Waals surface area contributed by atoms with Gasteiger partial charge in [-0.05, 0) is 24.6 Å². The van der Waals surface area contributed by atoms with Gasteiger partial charge in [-0.15, -0.1) is 11.3 Å². The maximum Gasteiger partial charge on any atom is 0.247 e. The molecule has 1 aromatic carbocycles. The molecule has 2 aromatic rings. The summed E-state index contributed by atoms with van der Waals surface area (Å²) in [7, 11) is -3.65. The number of hydrogen-bond donors (Lipinski definition) is 1. The molecule has 3 nitrogen and oxygen atoms in total. The molecule has 0 atom stereocenters. The van der Waals surface area contributed by atoms with Crippen LogP contribution in [0.15, 0.2) is 22.4 Å². The fourth-order valence-corrected chi connectivity index (χ4v) is 4.10. The van der Waals surface area contributed by atoms with E-state index in [0.717, 1.165) is 21.4 Å². The number of hydrogen-bond acceptors (Lipinski definition) is 3. The van der Waals surface area contributed by atoms with Gasteiger partial charge in [0, 0.05) is 15.1 Å². The van der Waals surface area contributed by atoms with Gasteiger partial charge in [0.25, 0.3) is 0 Å². The van der Waals surface area contributed by atoms with Crippen LogP contribution in [0.4, 0.5) is 0 Å². The average molecular weight is 262 g/mol. The molecule has 0 bridgehead atoms. The summed E-state index contributed by atoms with van der Waals surface area (Å²) < 4.78 is 23.6. The van der Waals surface area contributed by atoms with Crippen molar-refractivity contribution in [3.8, 4) is 0 Å². The van der Waals surface area contributed by atoms with Gasteiger partial charge in [0.2, 0.25) is 10.0 Å². The van der Waals surface area contributed by atoms with Crippen LogP contribution in [0.5, 0.6) is 0 Å². The molecule has 6 heteroatoms. The Bertz CT molecular complexity index is 631. The normalized spacial score (nSPS) is 12.2. The summed E-state index contributed by atoms with van der Waals surface area (Å²) in [5.74, 6) is 0. The van der Waals surface area contributed by atoms with Crippen molar-refractivity contribution in [2.24, 2.45) is 5.14 Å². The lowest BCUT2D eigenvalue weighted by molar-refractivity contribution is 0.599. The highest BCUT2D eigenvalue weighted by Gasteiger charge is 2.18. The predicted octanol–water partition coefficient (Wildman–Crippen LogP) is 2.51. The molecular weight excluding hydrogens is 254 g/mol. The van der Waals surface area contributed by atoms with Crippen molar-refractivity contribution in [3.05, 3.63) is 28.8 Å². The van der Waals surface area contributed by atoms with E-state index in [0.29, 0.717) is 10.6 Å². The second kappa shape index (κ2) is 3.45. The Hall–Kier alpha value is -0.620. The van der Waals surface area contributed by atoms with Gasteiger partial charge in [-0.2, -0.15) is 0 Å². The van der Waals surface area contributed by atoms with Crippen LogP contribution >= 0.6 is 22.9 Å². The standard InChI is InChI=1S/C9H8ClNO2S2/c1-5-8-6(10)3-2-4-7(8)14-9(5)15(11,12)13/h2-4H,1H3,(H2,11,12,13). The van der Waals surface area contributed by atoms with Crippen molar-refractivity contribution in [2.45, 2.75) is 11.1 Å². The molecule has 2 N–H and O–H groups in total. The van der Waals surface area contributed by atoms with E-state index in [9.17, 15) is 8.42 Å². The van der Waals surface area contributed by atoms with Crippen molar-refractivity contribution >= 4 is 43.0 Å². The zero-order chi connectivity index (χ0) is 11.2. The van der Waals surface area contributed by atoms with Gasteiger partial charge in [0.1, 0.15) is 4.21 Å². The first-order chi connectivity index (χ1) is 6.91. The van der Waals surface area contributed by atoms with E-state index >= 15 is 0 Å². The lowest BCUT2D eigenvalue weighted by Gasteiger charge is -1.96. The van der Waals surface area contributed by atoms with Crippen LogP contribution in [0.2, 0.25) is 5.02 Å². The zero-order valence-electron chi connectivity index (χ0n) is 7.82. The third-order valence-corrected chi connectivity index (χ3v) is 5.25. The number of sulfonamides is 1. The van der Waals surface area contributed by atoms with E-state index in [4.69, 9.17) is 16.7 Å². The average Bonchev–Trinajstić information content (AvgIpc) is 2.44. The van der Waals surface area contributed by atoms with E-state index in [1.54, 1.807) is 19.1 Å². The quantitative estimate of drug-likeness (QED) is 0.857. The van der Waals surface area contributed by atoms with Gasteiger partial charge in [-0.25, -0.2) is 13.6 Å². The molecule has 0 aliphatic carbocycles. The minimum absolute atomic E-state index is 0.186. The van der Waals surface area contributed by atoms with Gasteiger partial charge in [0.15, 0.2) is 0 Å². The highest BCUT2D eigenvalue weighted by Crippen LogP contribution is 2.37. The molecule has 80 valence electrons. The fourth-order valence-electron chi connectivity index (χ4n) is 1.50. The topological polar surface area (TPSA) is 60.2 Å². The zero-order valence-corrected chi connectivity index (χ0v) is 10.2. The Kier molecular flexibility index (Phi) is 2.50. The smallest absolute Gasteiger partial charge is 0.224 e. The Morgan fingerprint density at radius 3 is 2.60 bits per heavy atom. The molecule has 2 rings (SSSR count). The van der Waals surface area contributed by atoms with E-state index in [-0.39, 0.29) is 4.21 Å². The van der Waals surface area contributed by atoms with E-state index < -0.39 is 10.0 Å². The van der Waals surface area contributed by atoms with Crippen LogP contribution in [0, 0.1) is 6.92 Å². The maximum absolute atomic E-state index is 11.3. The number of halogens is 1. The Morgan fingerprint density at radius 2 is 2.07 bits per heavy atom. The summed E-state index contributed by atoms with van der Waals surface area (Å²) in [6, 6.07) is 5.34. The number of aryl methyl sites for hydroxylation is 1. The van der Waals surface area contributed by atoms with Gasteiger partial charge < -0.3 is 0 Å². The van der Waals surface area contributed by atoms with Crippen molar-refractivity contribution < 1.29 is 8.42 Å². The molecule has 0 aliphatic rings. The van der Waals surface area contributed by atoms with Gasteiger partial charge in [-0.3, -0.25) is 0 Å². The number of thiophene rings is 1. The van der Waals surface area contributed by atoms with Crippen LogP contribution in [-0.4, -0.2) is 8.42 Å². The molecule has 1 aromatic heterocycles. The number of rotatable bonds is 1. The number of benzene rings is 1. The molecule has 0 spiro atoms. The molecular formula is C9H8ClNO2S2. The number of primary sulfonamides is 1.